The van der Waals surface area contributed by atoms with E-state index in [0.717, 1.165) is 5.69 Å². The number of ketones is 1. The number of amides is 3. The maximum absolute atomic E-state index is 13.7. The van der Waals surface area contributed by atoms with Crippen LogP contribution in [0.4, 0.5) is 11.4 Å². The Morgan fingerprint density at radius 1 is 1.08 bits per heavy atom. The van der Waals surface area contributed by atoms with E-state index in [1.807, 2.05) is 45.0 Å². The highest BCUT2D eigenvalue weighted by Gasteiger charge is 2.52. The van der Waals surface area contributed by atoms with Crippen LogP contribution in [0.15, 0.2) is 48.5 Å². The summed E-state index contributed by atoms with van der Waals surface area (Å²) >= 11 is 0. The molecule has 0 spiro atoms. The highest BCUT2D eigenvalue weighted by Crippen LogP contribution is 2.32. The van der Waals surface area contributed by atoms with Crippen LogP contribution in [0.3, 0.4) is 0 Å². The number of hydrogen-bond acceptors (Lipinski definition) is 7. The Kier molecular flexibility index (Phi) is 7.98. The van der Waals surface area contributed by atoms with Crippen LogP contribution in [-0.2, 0) is 9.59 Å². The molecule has 4 rings (SSSR count). The van der Waals surface area contributed by atoms with Crippen LogP contribution in [0.25, 0.3) is 0 Å². The fourth-order valence-corrected chi connectivity index (χ4v) is 5.30. The molecule has 2 aliphatic heterocycles. The normalized spacial score (nSPS) is 19.2. The van der Waals surface area contributed by atoms with Crippen molar-refractivity contribution in [3.05, 3.63) is 69.8 Å². The summed E-state index contributed by atoms with van der Waals surface area (Å²) in [6.07, 6.45) is 0.788. The Balaban J connectivity index is 1.51. The predicted molar refractivity (Wildman–Crippen MR) is 145 cm³/mol. The van der Waals surface area contributed by atoms with Gasteiger partial charge in [0.05, 0.1) is 17.5 Å². The third-order valence-corrected chi connectivity index (χ3v) is 7.23. The van der Waals surface area contributed by atoms with Gasteiger partial charge >= 0.3 is 0 Å². The summed E-state index contributed by atoms with van der Waals surface area (Å²) in [5.41, 5.74) is 1.27. The van der Waals surface area contributed by atoms with Crippen molar-refractivity contribution in [2.45, 2.75) is 44.8 Å². The van der Waals surface area contributed by atoms with E-state index >= 15 is 0 Å². The van der Waals surface area contributed by atoms with Crippen LogP contribution in [-0.4, -0.2) is 83.5 Å². The van der Waals surface area contributed by atoms with Gasteiger partial charge < -0.3 is 20.0 Å². The number of rotatable bonds is 8. The van der Waals surface area contributed by atoms with E-state index in [9.17, 15) is 29.3 Å². The molecule has 39 heavy (non-hydrogen) atoms. The number of fused-ring (bicyclic) bond motifs is 1. The van der Waals surface area contributed by atoms with Crippen molar-refractivity contribution in [1.29, 1.82) is 0 Å². The smallest absolute Gasteiger partial charge is 0.270 e. The first kappa shape index (κ1) is 27.7. The molecule has 0 bridgehead atoms. The zero-order valence-corrected chi connectivity index (χ0v) is 22.5. The zero-order chi connectivity index (χ0) is 28.4. The van der Waals surface area contributed by atoms with E-state index < -0.39 is 29.0 Å². The topological polar surface area (TPSA) is 133 Å². The Bertz CT molecular complexity index is 1290. The first-order valence-electron chi connectivity index (χ1n) is 12.9. The van der Waals surface area contributed by atoms with E-state index in [1.165, 1.54) is 34.1 Å². The molecular weight excluding hydrogens is 502 g/mol. The van der Waals surface area contributed by atoms with Crippen molar-refractivity contribution < 1.29 is 24.1 Å². The standard InChI is InChI=1S/C28H33N5O6/c1-17(2)14-22(29-26(35)18-8-10-20(11-9-18)30(3)4)28(37)31-13-12-23-25(31)24(34)16-32(23)27(36)19-6-5-7-21(15-19)33(38)39/h5-11,15,17,22-23,25H,12-14,16H2,1-4H3,(H,29,35)/t22-,23?,25-/m0/s1. The summed E-state index contributed by atoms with van der Waals surface area (Å²) in [5, 5.41) is 14.0. The van der Waals surface area contributed by atoms with Gasteiger partial charge in [-0.25, -0.2) is 0 Å². The molecule has 11 nitrogen and oxygen atoms in total. The van der Waals surface area contributed by atoms with E-state index in [0.29, 0.717) is 18.4 Å². The monoisotopic (exact) mass is 535 g/mol. The number of nitro benzene ring substituents is 1. The Labute approximate surface area is 226 Å². The van der Waals surface area contributed by atoms with Gasteiger partial charge in [0, 0.05) is 49.6 Å². The molecule has 0 radical (unpaired) electrons. The van der Waals surface area contributed by atoms with Crippen molar-refractivity contribution in [2.24, 2.45) is 5.92 Å². The first-order chi connectivity index (χ1) is 18.5. The minimum atomic E-state index is -0.834. The lowest BCUT2D eigenvalue weighted by atomic mass is 10.0. The van der Waals surface area contributed by atoms with Crippen LogP contribution < -0.4 is 10.2 Å². The third kappa shape index (κ3) is 5.76. The molecule has 2 aliphatic rings. The number of nitrogens with one attached hydrogen (secondary N) is 1. The van der Waals surface area contributed by atoms with Gasteiger partial charge in [-0.2, -0.15) is 0 Å². The summed E-state index contributed by atoms with van der Waals surface area (Å²) < 4.78 is 0. The number of nitrogens with zero attached hydrogens (tertiary/aromatic N) is 4. The second-order valence-corrected chi connectivity index (χ2v) is 10.6. The second kappa shape index (κ2) is 11.2. The maximum Gasteiger partial charge on any atom is 0.270 e. The number of hydrogen-bond donors (Lipinski definition) is 1. The number of nitro groups is 1. The molecule has 0 aromatic heterocycles. The summed E-state index contributed by atoms with van der Waals surface area (Å²) in [6.45, 7) is 3.98. The summed E-state index contributed by atoms with van der Waals surface area (Å²) in [6, 6.07) is 10.3. The maximum atomic E-state index is 13.7. The quantitative estimate of drug-likeness (QED) is 0.406. The number of anilines is 1. The molecule has 11 heteroatoms. The number of carbonyl (C=O) groups excluding carboxylic acids is 4. The van der Waals surface area contributed by atoms with E-state index in [4.69, 9.17) is 0 Å². The molecular formula is C28H33N5O6. The second-order valence-electron chi connectivity index (χ2n) is 10.6. The predicted octanol–water partition coefficient (Wildman–Crippen LogP) is 2.50. The van der Waals surface area contributed by atoms with E-state index in [2.05, 4.69) is 5.32 Å². The molecule has 2 saturated heterocycles. The van der Waals surface area contributed by atoms with Gasteiger partial charge in [0.1, 0.15) is 12.1 Å². The van der Waals surface area contributed by atoms with Gasteiger partial charge in [0.15, 0.2) is 5.78 Å². The highest BCUT2D eigenvalue weighted by atomic mass is 16.6. The summed E-state index contributed by atoms with van der Waals surface area (Å²) in [7, 11) is 3.80. The van der Waals surface area contributed by atoms with Gasteiger partial charge in [-0.05, 0) is 49.1 Å². The molecule has 2 heterocycles. The van der Waals surface area contributed by atoms with Crippen molar-refractivity contribution in [2.75, 3.05) is 32.1 Å². The lowest BCUT2D eigenvalue weighted by molar-refractivity contribution is -0.384. The SMILES string of the molecule is CC(C)C[C@H](NC(=O)c1ccc(N(C)C)cc1)C(=O)N1CCC2[C@H]1C(=O)CN2C(=O)c1cccc([N+](=O)[O-])c1. The van der Waals surface area contributed by atoms with Gasteiger partial charge in [0.25, 0.3) is 17.5 Å². The Morgan fingerprint density at radius 2 is 1.77 bits per heavy atom. The number of likely N-dealkylation sites (tertiary alicyclic amines) is 2. The zero-order valence-electron chi connectivity index (χ0n) is 22.5. The molecule has 1 unspecified atom stereocenters. The summed E-state index contributed by atoms with van der Waals surface area (Å²) in [5.74, 6) is -1.39. The van der Waals surface area contributed by atoms with E-state index in [-0.39, 0.29) is 47.9 Å². The van der Waals surface area contributed by atoms with Crippen molar-refractivity contribution in [3.8, 4) is 0 Å². The van der Waals surface area contributed by atoms with Crippen LogP contribution in [0.5, 0.6) is 0 Å². The molecule has 3 atom stereocenters. The molecule has 2 aromatic carbocycles. The van der Waals surface area contributed by atoms with Crippen LogP contribution >= 0.6 is 0 Å². The lowest BCUT2D eigenvalue weighted by Gasteiger charge is -2.29. The van der Waals surface area contributed by atoms with Crippen molar-refractivity contribution >= 4 is 34.9 Å². The van der Waals surface area contributed by atoms with Gasteiger partial charge in [-0.1, -0.05) is 19.9 Å². The largest absolute Gasteiger partial charge is 0.378 e. The minimum Gasteiger partial charge on any atom is -0.378 e. The van der Waals surface area contributed by atoms with E-state index in [1.54, 1.807) is 12.1 Å². The molecule has 0 saturated carbocycles. The Hall–Kier alpha value is -4.28. The number of Topliss-reactive ketones (excluding diaryl/α,β-unsaturated/α-hetero) is 1. The first-order valence-corrected chi connectivity index (χ1v) is 12.9. The third-order valence-electron chi connectivity index (χ3n) is 7.23. The minimum absolute atomic E-state index is 0.0972. The fraction of sp³-hybridized carbons (Fsp3) is 0.429. The lowest BCUT2D eigenvalue weighted by Crippen LogP contribution is -2.53. The molecule has 0 aliphatic carbocycles. The Morgan fingerprint density at radius 3 is 2.38 bits per heavy atom. The highest BCUT2D eigenvalue weighted by molar-refractivity contribution is 6.03. The molecule has 1 N–H and O–H groups in total. The number of carbonyl (C=O) groups is 4. The molecule has 206 valence electrons. The number of non-ortho nitro benzene ring substituents is 1. The molecule has 3 amide bonds. The number of benzene rings is 2. The van der Waals surface area contributed by atoms with Gasteiger partial charge in [0.2, 0.25) is 5.91 Å². The molecule has 2 fully saturated rings. The molecule has 2 aromatic rings. The van der Waals surface area contributed by atoms with Crippen LogP contribution in [0, 0.1) is 16.0 Å². The fourth-order valence-electron chi connectivity index (χ4n) is 5.30. The average Bonchev–Trinajstić information content (AvgIpc) is 3.48. The van der Waals surface area contributed by atoms with Crippen molar-refractivity contribution in [3.63, 3.8) is 0 Å². The van der Waals surface area contributed by atoms with Crippen molar-refractivity contribution in [1.82, 2.24) is 15.1 Å². The van der Waals surface area contributed by atoms with Crippen LogP contribution in [0.1, 0.15) is 47.4 Å². The average molecular weight is 536 g/mol. The van der Waals surface area contributed by atoms with Gasteiger partial charge in [-0.3, -0.25) is 29.3 Å². The summed E-state index contributed by atoms with van der Waals surface area (Å²) in [4.78, 5) is 68.4. The van der Waals surface area contributed by atoms with Gasteiger partial charge in [-0.15, -0.1) is 0 Å². The van der Waals surface area contributed by atoms with Crippen LogP contribution in [0.2, 0.25) is 0 Å².